The maximum Gasteiger partial charge on any atom is 0.326 e. The van der Waals surface area contributed by atoms with Crippen LogP contribution in [0.2, 0.25) is 0 Å². The maximum atomic E-state index is 13.2. The average molecular weight is 593 g/mol. The highest BCUT2D eigenvalue weighted by Crippen LogP contribution is 2.19. The van der Waals surface area contributed by atoms with Crippen LogP contribution in [-0.2, 0) is 25.6 Å². The Morgan fingerprint density at radius 2 is 1.71 bits per heavy atom. The Kier molecular flexibility index (Phi) is 13.4. The lowest BCUT2D eigenvalue weighted by Crippen LogP contribution is -2.60. The first-order chi connectivity index (χ1) is 19.4. The fourth-order valence-corrected chi connectivity index (χ4v) is 4.55. The molecular weight excluding hydrogens is 552 g/mol. The number of amides is 3. The van der Waals surface area contributed by atoms with Crippen molar-refractivity contribution in [2.24, 2.45) is 22.2 Å². The molecule has 2 rings (SSSR count). The van der Waals surface area contributed by atoms with Crippen LogP contribution < -0.4 is 33.2 Å². The third-order valence-electron chi connectivity index (χ3n) is 6.32. The normalized spacial score (nSPS) is 14.7. The smallest absolute Gasteiger partial charge is 0.326 e. The van der Waals surface area contributed by atoms with E-state index in [1.165, 1.54) is 18.7 Å². The molecule has 1 aromatic heterocycles. The van der Waals surface area contributed by atoms with Crippen LogP contribution in [-0.4, -0.2) is 93.7 Å². The number of aromatic amines is 1. The van der Waals surface area contributed by atoms with Crippen molar-refractivity contribution in [1.82, 2.24) is 20.9 Å². The van der Waals surface area contributed by atoms with Crippen LogP contribution in [0.5, 0.6) is 0 Å². The molecule has 0 bridgehead atoms. The summed E-state index contributed by atoms with van der Waals surface area (Å²) in [7, 11) is 0. The van der Waals surface area contributed by atoms with Gasteiger partial charge < -0.3 is 48.3 Å². The first kappa shape index (κ1) is 33.4. The highest BCUT2D eigenvalue weighted by molar-refractivity contribution is 7.98. The zero-order valence-corrected chi connectivity index (χ0v) is 23.9. The second-order valence-electron chi connectivity index (χ2n) is 9.59. The molecule has 0 aliphatic carbocycles. The lowest BCUT2D eigenvalue weighted by atomic mass is 10.0. The van der Waals surface area contributed by atoms with Gasteiger partial charge in [0.05, 0.1) is 12.1 Å². The SMILES string of the molecule is CSCCC(NC(=O)C(N)CCCN=C(N)N)C(=O)NC(C(=O)NC(Cc1c[nH]c2ccccc12)C(=O)O)C(C)O. The van der Waals surface area contributed by atoms with Crippen molar-refractivity contribution in [2.45, 2.75) is 62.9 Å². The van der Waals surface area contributed by atoms with E-state index in [0.29, 0.717) is 24.3 Å². The van der Waals surface area contributed by atoms with Crippen LogP contribution >= 0.6 is 11.8 Å². The predicted molar refractivity (Wildman–Crippen MR) is 158 cm³/mol. The van der Waals surface area contributed by atoms with Gasteiger partial charge in [0.15, 0.2) is 5.96 Å². The molecule has 0 saturated heterocycles. The van der Waals surface area contributed by atoms with Crippen LogP contribution in [0.1, 0.15) is 31.7 Å². The topological polar surface area (TPSA) is 251 Å². The Hall–Kier alpha value is -3.82. The van der Waals surface area contributed by atoms with E-state index < -0.39 is 54.0 Å². The molecule has 0 spiro atoms. The zero-order chi connectivity index (χ0) is 30.5. The van der Waals surface area contributed by atoms with E-state index in [0.717, 1.165) is 10.9 Å². The molecule has 0 fully saturated rings. The summed E-state index contributed by atoms with van der Waals surface area (Å²) in [6.45, 7) is 1.59. The molecule has 1 heterocycles. The molecule has 0 radical (unpaired) electrons. The number of carbonyl (C=O) groups is 4. The van der Waals surface area contributed by atoms with E-state index in [9.17, 15) is 29.4 Å². The second kappa shape index (κ2) is 16.4. The number of guanidine groups is 1. The minimum absolute atomic E-state index is 0.0287. The zero-order valence-electron chi connectivity index (χ0n) is 23.1. The number of hydrogen-bond donors (Lipinski definition) is 9. The summed E-state index contributed by atoms with van der Waals surface area (Å²) in [4.78, 5) is 57.8. The highest BCUT2D eigenvalue weighted by atomic mass is 32.2. The van der Waals surface area contributed by atoms with Gasteiger partial charge in [0.25, 0.3) is 0 Å². The number of aliphatic carboxylic acids is 1. The lowest BCUT2D eigenvalue weighted by molar-refractivity contribution is -0.143. The van der Waals surface area contributed by atoms with Crippen molar-refractivity contribution in [3.8, 4) is 0 Å². The van der Waals surface area contributed by atoms with Gasteiger partial charge in [-0.15, -0.1) is 0 Å². The number of rotatable bonds is 17. The number of aliphatic hydroxyl groups is 1. The number of fused-ring (bicyclic) bond motifs is 1. The number of carboxylic acids is 1. The van der Waals surface area contributed by atoms with Crippen LogP contribution in [0, 0.1) is 0 Å². The summed E-state index contributed by atoms with van der Waals surface area (Å²) in [5, 5.41) is 28.4. The average Bonchev–Trinajstić information content (AvgIpc) is 3.33. The molecule has 1 aromatic carbocycles. The molecular formula is C26H40N8O6S. The maximum absolute atomic E-state index is 13.2. The quantitative estimate of drug-likeness (QED) is 0.0600. The Morgan fingerprint density at radius 3 is 2.34 bits per heavy atom. The van der Waals surface area contributed by atoms with Crippen molar-refractivity contribution in [3.63, 3.8) is 0 Å². The van der Waals surface area contributed by atoms with Crippen LogP contribution in [0.25, 0.3) is 10.9 Å². The number of nitrogens with two attached hydrogens (primary N) is 3. The second-order valence-corrected chi connectivity index (χ2v) is 10.6. The van der Waals surface area contributed by atoms with E-state index in [2.05, 4.69) is 25.9 Å². The summed E-state index contributed by atoms with van der Waals surface area (Å²) in [6.07, 6.45) is 3.05. The van der Waals surface area contributed by atoms with Crippen molar-refractivity contribution >= 4 is 52.3 Å². The number of nitrogens with one attached hydrogen (secondary N) is 4. The van der Waals surface area contributed by atoms with E-state index >= 15 is 0 Å². The molecule has 0 saturated carbocycles. The van der Waals surface area contributed by atoms with Gasteiger partial charge in [-0.1, -0.05) is 18.2 Å². The number of hydrogen-bond acceptors (Lipinski definition) is 8. The standard InChI is InChI=1S/C26H40N8O6S/c1-14(35)21(24(38)33-20(25(39)40)12-15-13-31-18-8-4-3-6-16(15)18)34-23(37)19(9-11-41-2)32-22(36)17(27)7-5-10-30-26(28)29/h3-4,6,8,13-14,17,19-21,31,35H,5,7,9-12,27H2,1-2H3,(H,32,36)(H,33,38)(H,34,37)(H,39,40)(H4,28,29,30). The first-order valence-corrected chi connectivity index (χ1v) is 14.5. The van der Waals surface area contributed by atoms with Gasteiger partial charge in [0, 0.05) is 30.1 Å². The molecule has 12 N–H and O–H groups in total. The Morgan fingerprint density at radius 1 is 1.02 bits per heavy atom. The largest absolute Gasteiger partial charge is 0.480 e. The predicted octanol–water partition coefficient (Wildman–Crippen LogP) is -1.24. The first-order valence-electron chi connectivity index (χ1n) is 13.1. The number of para-hydroxylation sites is 1. The molecule has 226 valence electrons. The molecule has 5 unspecified atom stereocenters. The Balaban J connectivity index is 2.08. The third-order valence-corrected chi connectivity index (χ3v) is 6.97. The fraction of sp³-hybridized carbons (Fsp3) is 0.500. The van der Waals surface area contributed by atoms with Crippen LogP contribution in [0.15, 0.2) is 35.5 Å². The number of thioether (sulfide) groups is 1. The molecule has 2 aromatic rings. The van der Waals surface area contributed by atoms with Crippen molar-refractivity contribution < 1.29 is 29.4 Å². The summed E-state index contributed by atoms with van der Waals surface area (Å²) < 4.78 is 0. The van der Waals surface area contributed by atoms with Gasteiger partial charge in [-0.2, -0.15) is 11.8 Å². The number of H-pyrrole nitrogens is 1. The summed E-state index contributed by atoms with van der Waals surface area (Å²) >= 11 is 1.45. The van der Waals surface area contributed by atoms with Crippen molar-refractivity contribution in [1.29, 1.82) is 0 Å². The molecule has 0 aliphatic rings. The molecule has 5 atom stereocenters. The molecule has 15 heteroatoms. The molecule has 14 nitrogen and oxygen atoms in total. The van der Waals surface area contributed by atoms with Gasteiger partial charge in [0.1, 0.15) is 18.1 Å². The van der Waals surface area contributed by atoms with Crippen LogP contribution in [0.3, 0.4) is 0 Å². The van der Waals surface area contributed by atoms with Crippen molar-refractivity contribution in [2.75, 3.05) is 18.6 Å². The van der Waals surface area contributed by atoms with Gasteiger partial charge in [-0.3, -0.25) is 19.4 Å². The number of carboxylic acid groups (broad SMARTS) is 1. The number of carbonyl (C=O) groups excluding carboxylic acids is 3. The van der Waals surface area contributed by atoms with Gasteiger partial charge in [0.2, 0.25) is 17.7 Å². The lowest BCUT2D eigenvalue weighted by Gasteiger charge is -2.26. The minimum atomic E-state index is -1.48. The highest BCUT2D eigenvalue weighted by Gasteiger charge is 2.33. The van der Waals surface area contributed by atoms with Gasteiger partial charge in [-0.25, -0.2) is 4.79 Å². The van der Waals surface area contributed by atoms with Gasteiger partial charge >= 0.3 is 5.97 Å². The number of benzene rings is 1. The number of aromatic nitrogens is 1. The third kappa shape index (κ3) is 10.6. The minimum Gasteiger partial charge on any atom is -0.480 e. The Bertz CT molecular complexity index is 1220. The summed E-state index contributed by atoms with van der Waals surface area (Å²) in [5.74, 6) is -3.01. The Labute approximate surface area is 242 Å². The van der Waals surface area contributed by atoms with E-state index in [1.807, 2.05) is 30.5 Å². The van der Waals surface area contributed by atoms with E-state index in [4.69, 9.17) is 17.2 Å². The number of aliphatic imine (C=N–C) groups is 1. The molecule has 0 aliphatic heterocycles. The molecule has 41 heavy (non-hydrogen) atoms. The summed E-state index contributed by atoms with van der Waals surface area (Å²) in [6, 6.07) is 2.56. The van der Waals surface area contributed by atoms with Gasteiger partial charge in [-0.05, 0) is 49.8 Å². The van der Waals surface area contributed by atoms with Crippen molar-refractivity contribution in [3.05, 3.63) is 36.0 Å². The monoisotopic (exact) mass is 592 g/mol. The fourth-order valence-electron chi connectivity index (χ4n) is 4.07. The van der Waals surface area contributed by atoms with E-state index in [1.54, 1.807) is 6.20 Å². The summed E-state index contributed by atoms with van der Waals surface area (Å²) in [5.41, 5.74) is 18.0. The number of aliphatic hydroxyl groups excluding tert-OH is 1. The molecule has 3 amide bonds. The van der Waals surface area contributed by atoms with Crippen LogP contribution in [0.4, 0.5) is 0 Å². The number of nitrogens with zero attached hydrogens (tertiary/aromatic N) is 1. The van der Waals surface area contributed by atoms with E-state index in [-0.39, 0.29) is 25.2 Å².